The minimum absolute atomic E-state index is 0.00607. The maximum Gasteiger partial charge on any atom is 0.273 e. The summed E-state index contributed by atoms with van der Waals surface area (Å²) in [5.41, 5.74) is 0.845. The van der Waals surface area contributed by atoms with E-state index >= 15 is 0 Å². The molecule has 24 heavy (non-hydrogen) atoms. The third kappa shape index (κ3) is 3.07. The molecule has 1 fully saturated rings. The number of hydrogen-bond acceptors (Lipinski definition) is 3. The van der Waals surface area contributed by atoms with Crippen molar-refractivity contribution in [3.63, 3.8) is 0 Å². The Balaban J connectivity index is 1.92. The Kier molecular flexibility index (Phi) is 5.24. The van der Waals surface area contributed by atoms with Crippen molar-refractivity contribution in [3.05, 3.63) is 34.9 Å². The van der Waals surface area contributed by atoms with Crippen LogP contribution in [0.1, 0.15) is 50.5 Å². The lowest BCUT2D eigenvalue weighted by molar-refractivity contribution is -0.139. The van der Waals surface area contributed by atoms with E-state index in [2.05, 4.69) is 0 Å². The Bertz CT molecular complexity index is 675. The van der Waals surface area contributed by atoms with E-state index in [0.29, 0.717) is 11.3 Å². The number of nitrogens with zero attached hydrogens (tertiary/aromatic N) is 1. The number of carbonyl (C=O) groups excluding carboxylic acids is 2. The first-order valence-corrected chi connectivity index (χ1v) is 8.94. The third-order valence-corrected chi connectivity index (χ3v) is 5.23. The largest absolute Gasteiger partial charge is 0.496 e. The van der Waals surface area contributed by atoms with Crippen molar-refractivity contribution in [1.82, 2.24) is 4.90 Å². The first-order chi connectivity index (χ1) is 11.6. The highest BCUT2D eigenvalue weighted by molar-refractivity contribution is 6.55. The van der Waals surface area contributed by atoms with Crippen LogP contribution in [0.25, 0.3) is 5.57 Å². The van der Waals surface area contributed by atoms with Crippen LogP contribution < -0.4 is 4.74 Å². The number of rotatable bonds is 3. The number of benzene rings is 1. The maximum atomic E-state index is 13.0. The molecule has 5 heteroatoms. The molecule has 0 unspecified atom stereocenters. The molecular formula is C19H22ClNO3. The molecule has 1 aliphatic carbocycles. The van der Waals surface area contributed by atoms with Crippen molar-refractivity contribution in [2.24, 2.45) is 0 Å². The van der Waals surface area contributed by atoms with Crippen LogP contribution in [0.5, 0.6) is 5.75 Å². The molecule has 2 aliphatic rings. The van der Waals surface area contributed by atoms with Crippen LogP contribution in [0.4, 0.5) is 0 Å². The van der Waals surface area contributed by atoms with Crippen molar-refractivity contribution in [2.75, 3.05) is 7.11 Å². The number of carbonyl (C=O) groups is 2. The number of imide groups is 1. The van der Waals surface area contributed by atoms with Gasteiger partial charge in [0.25, 0.3) is 11.8 Å². The molecule has 0 aromatic heterocycles. The monoisotopic (exact) mass is 347 g/mol. The summed E-state index contributed by atoms with van der Waals surface area (Å²) in [7, 11) is 1.54. The van der Waals surface area contributed by atoms with Crippen molar-refractivity contribution < 1.29 is 14.3 Å². The predicted octanol–water partition coefficient (Wildman–Crippen LogP) is 4.13. The summed E-state index contributed by atoms with van der Waals surface area (Å²) < 4.78 is 5.33. The minimum Gasteiger partial charge on any atom is -0.496 e. The highest BCUT2D eigenvalue weighted by Gasteiger charge is 2.42. The number of halogens is 1. The summed E-state index contributed by atoms with van der Waals surface area (Å²) in [6.07, 6.45) is 7.37. The molecule has 2 amide bonds. The maximum absolute atomic E-state index is 13.0. The van der Waals surface area contributed by atoms with Crippen molar-refractivity contribution in [3.8, 4) is 5.75 Å². The van der Waals surface area contributed by atoms with E-state index in [-0.39, 0.29) is 28.5 Å². The van der Waals surface area contributed by atoms with Gasteiger partial charge in [-0.3, -0.25) is 14.5 Å². The zero-order chi connectivity index (χ0) is 17.1. The van der Waals surface area contributed by atoms with Crippen LogP contribution in [0.3, 0.4) is 0 Å². The molecule has 0 bridgehead atoms. The zero-order valence-electron chi connectivity index (χ0n) is 13.9. The lowest BCUT2D eigenvalue weighted by Gasteiger charge is -2.28. The number of amides is 2. The highest BCUT2D eigenvalue weighted by atomic mass is 35.5. The first-order valence-electron chi connectivity index (χ1n) is 8.56. The van der Waals surface area contributed by atoms with Crippen LogP contribution in [0.2, 0.25) is 0 Å². The number of hydrogen-bond donors (Lipinski definition) is 0. The SMILES string of the molecule is COc1ccccc1C1=C(Cl)C(=O)N(C2CCCCCCC2)C1=O. The smallest absolute Gasteiger partial charge is 0.273 e. The van der Waals surface area contributed by atoms with Gasteiger partial charge in [-0.05, 0) is 18.9 Å². The fourth-order valence-electron chi connectivity index (χ4n) is 3.63. The molecular weight excluding hydrogens is 326 g/mol. The Morgan fingerprint density at radius 3 is 2.29 bits per heavy atom. The molecule has 1 saturated carbocycles. The molecule has 1 aliphatic heterocycles. The molecule has 1 aromatic carbocycles. The Labute approximate surface area is 147 Å². The van der Waals surface area contributed by atoms with Gasteiger partial charge in [0, 0.05) is 11.6 Å². The van der Waals surface area contributed by atoms with Crippen LogP contribution >= 0.6 is 11.6 Å². The van der Waals surface area contributed by atoms with E-state index in [1.54, 1.807) is 19.2 Å². The molecule has 1 aromatic rings. The fourth-order valence-corrected chi connectivity index (χ4v) is 3.90. The van der Waals surface area contributed by atoms with Crippen LogP contribution in [0.15, 0.2) is 29.3 Å². The van der Waals surface area contributed by atoms with Gasteiger partial charge in [0.1, 0.15) is 10.8 Å². The average Bonchev–Trinajstić information content (AvgIpc) is 2.78. The van der Waals surface area contributed by atoms with E-state index in [0.717, 1.165) is 38.5 Å². The molecule has 4 nitrogen and oxygen atoms in total. The van der Waals surface area contributed by atoms with Gasteiger partial charge in [0.05, 0.1) is 12.7 Å². The van der Waals surface area contributed by atoms with Gasteiger partial charge in [0.15, 0.2) is 0 Å². The molecule has 0 N–H and O–H groups in total. The van der Waals surface area contributed by atoms with E-state index < -0.39 is 0 Å². The minimum atomic E-state index is -0.367. The van der Waals surface area contributed by atoms with Gasteiger partial charge in [-0.15, -0.1) is 0 Å². The Hall–Kier alpha value is -1.81. The number of methoxy groups -OCH3 is 1. The Morgan fingerprint density at radius 2 is 1.62 bits per heavy atom. The topological polar surface area (TPSA) is 46.6 Å². The highest BCUT2D eigenvalue weighted by Crippen LogP contribution is 2.38. The second kappa shape index (κ2) is 7.39. The molecule has 0 atom stereocenters. The second-order valence-corrected chi connectivity index (χ2v) is 6.75. The zero-order valence-corrected chi connectivity index (χ0v) is 14.6. The number of ether oxygens (including phenoxy) is 1. The van der Waals surface area contributed by atoms with E-state index in [4.69, 9.17) is 16.3 Å². The summed E-state index contributed by atoms with van der Waals surface area (Å²) in [5, 5.41) is 0.00607. The van der Waals surface area contributed by atoms with Crippen molar-refractivity contribution >= 4 is 29.0 Å². The van der Waals surface area contributed by atoms with Gasteiger partial charge < -0.3 is 4.74 Å². The molecule has 0 radical (unpaired) electrons. The molecule has 3 rings (SSSR count). The Morgan fingerprint density at radius 1 is 1.00 bits per heavy atom. The normalized spacial score (nSPS) is 20.3. The van der Waals surface area contributed by atoms with Crippen LogP contribution in [-0.2, 0) is 9.59 Å². The summed E-state index contributed by atoms with van der Waals surface area (Å²) in [5.74, 6) is -0.112. The summed E-state index contributed by atoms with van der Waals surface area (Å²) in [6.45, 7) is 0. The molecule has 0 saturated heterocycles. The fraction of sp³-hybridized carbons (Fsp3) is 0.474. The lowest BCUT2D eigenvalue weighted by atomic mass is 9.95. The van der Waals surface area contributed by atoms with Gasteiger partial charge in [0.2, 0.25) is 0 Å². The molecule has 128 valence electrons. The standard InChI is InChI=1S/C19H22ClNO3/c1-24-15-12-8-7-11-14(15)16-17(20)19(23)21(18(16)22)13-9-5-3-2-4-6-10-13/h7-8,11-13H,2-6,9-10H2,1H3. The quantitative estimate of drug-likeness (QED) is 0.772. The predicted molar refractivity (Wildman–Crippen MR) is 93.7 cm³/mol. The van der Waals surface area contributed by atoms with Gasteiger partial charge in [-0.2, -0.15) is 0 Å². The van der Waals surface area contributed by atoms with E-state index in [9.17, 15) is 9.59 Å². The van der Waals surface area contributed by atoms with Gasteiger partial charge in [-0.1, -0.05) is 61.9 Å². The molecule has 1 heterocycles. The third-order valence-electron chi connectivity index (χ3n) is 4.87. The van der Waals surface area contributed by atoms with Gasteiger partial charge in [-0.25, -0.2) is 0 Å². The van der Waals surface area contributed by atoms with Crippen molar-refractivity contribution in [2.45, 2.75) is 51.0 Å². The average molecular weight is 348 g/mol. The van der Waals surface area contributed by atoms with Crippen molar-refractivity contribution in [1.29, 1.82) is 0 Å². The summed E-state index contributed by atoms with van der Waals surface area (Å²) in [4.78, 5) is 27.1. The van der Waals surface area contributed by atoms with E-state index in [1.807, 2.05) is 12.1 Å². The lowest BCUT2D eigenvalue weighted by Crippen LogP contribution is -2.41. The summed E-state index contributed by atoms with van der Waals surface area (Å²) >= 11 is 6.29. The first kappa shape index (κ1) is 17.0. The summed E-state index contributed by atoms with van der Waals surface area (Å²) in [6, 6.07) is 7.12. The molecule has 0 spiro atoms. The van der Waals surface area contributed by atoms with Crippen LogP contribution in [-0.4, -0.2) is 29.9 Å². The number of para-hydroxylation sites is 1. The second-order valence-electron chi connectivity index (χ2n) is 6.37. The van der Waals surface area contributed by atoms with Crippen LogP contribution in [0, 0.1) is 0 Å². The van der Waals surface area contributed by atoms with E-state index in [1.165, 1.54) is 11.3 Å². The van der Waals surface area contributed by atoms with Gasteiger partial charge >= 0.3 is 0 Å².